The van der Waals surface area contributed by atoms with E-state index in [9.17, 15) is 4.79 Å². The lowest BCUT2D eigenvalue weighted by Crippen LogP contribution is -2.22. The molecule has 22 heavy (non-hydrogen) atoms. The van der Waals surface area contributed by atoms with Crippen LogP contribution in [0.2, 0.25) is 0 Å². The van der Waals surface area contributed by atoms with Gasteiger partial charge in [0.15, 0.2) is 0 Å². The van der Waals surface area contributed by atoms with Crippen molar-refractivity contribution in [3.05, 3.63) is 53.7 Å². The van der Waals surface area contributed by atoms with E-state index in [-0.39, 0.29) is 5.91 Å². The van der Waals surface area contributed by atoms with E-state index in [1.54, 1.807) is 6.26 Å². The van der Waals surface area contributed by atoms with Crippen molar-refractivity contribution in [1.29, 1.82) is 0 Å². The fourth-order valence-electron chi connectivity index (χ4n) is 3.00. The normalized spacial score (nSPS) is 14.0. The summed E-state index contributed by atoms with van der Waals surface area (Å²) in [7, 11) is 0. The molecule has 112 valence electrons. The van der Waals surface area contributed by atoms with E-state index in [0.29, 0.717) is 12.1 Å². The first-order valence-electron chi connectivity index (χ1n) is 7.61. The number of fused-ring (bicyclic) bond motifs is 3. The highest BCUT2D eigenvalue weighted by Gasteiger charge is 2.16. The second-order valence-corrected chi connectivity index (χ2v) is 5.60. The number of benzene rings is 1. The van der Waals surface area contributed by atoms with Crippen LogP contribution in [-0.2, 0) is 19.5 Å². The highest BCUT2D eigenvalue weighted by molar-refractivity contribution is 5.97. The lowest BCUT2D eigenvalue weighted by molar-refractivity contribution is 0.0948. The maximum Gasteiger partial charge on any atom is 0.251 e. The van der Waals surface area contributed by atoms with Crippen molar-refractivity contribution in [2.75, 3.05) is 0 Å². The molecule has 1 amide bonds. The average Bonchev–Trinajstić information content (AvgIpc) is 3.19. The maximum atomic E-state index is 12.2. The zero-order chi connectivity index (χ0) is 14.9. The summed E-state index contributed by atoms with van der Waals surface area (Å²) >= 11 is 0. The van der Waals surface area contributed by atoms with Crippen molar-refractivity contribution in [3.63, 3.8) is 0 Å². The molecule has 0 fully saturated rings. The zero-order valence-corrected chi connectivity index (χ0v) is 12.2. The van der Waals surface area contributed by atoms with Crippen LogP contribution in [0.4, 0.5) is 0 Å². The van der Waals surface area contributed by atoms with Gasteiger partial charge in [-0.2, -0.15) is 0 Å². The van der Waals surface area contributed by atoms with Crippen LogP contribution in [0.3, 0.4) is 0 Å². The van der Waals surface area contributed by atoms with Gasteiger partial charge in [-0.15, -0.1) is 0 Å². The number of carbonyl (C=O) groups is 1. The quantitative estimate of drug-likeness (QED) is 0.808. The highest BCUT2D eigenvalue weighted by Crippen LogP contribution is 2.23. The monoisotopic (exact) mass is 295 g/mol. The van der Waals surface area contributed by atoms with E-state index >= 15 is 0 Å². The van der Waals surface area contributed by atoms with Crippen molar-refractivity contribution in [2.45, 2.75) is 32.4 Å². The topological polar surface area (TPSA) is 60.1 Å². The molecule has 0 unspecified atom stereocenters. The van der Waals surface area contributed by atoms with E-state index in [2.05, 4.69) is 14.9 Å². The first-order valence-corrected chi connectivity index (χ1v) is 7.61. The summed E-state index contributed by atoms with van der Waals surface area (Å²) in [5.41, 5.74) is 2.66. The van der Waals surface area contributed by atoms with Crippen molar-refractivity contribution in [2.24, 2.45) is 0 Å². The molecule has 5 heteroatoms. The van der Waals surface area contributed by atoms with E-state index in [4.69, 9.17) is 4.42 Å². The third-order valence-corrected chi connectivity index (χ3v) is 4.12. The van der Waals surface area contributed by atoms with E-state index < -0.39 is 0 Å². The van der Waals surface area contributed by atoms with Crippen molar-refractivity contribution >= 4 is 16.9 Å². The number of amides is 1. The van der Waals surface area contributed by atoms with Crippen LogP contribution in [0.1, 0.15) is 34.8 Å². The van der Waals surface area contributed by atoms with Crippen LogP contribution in [0.15, 0.2) is 41.0 Å². The Labute approximate surface area is 127 Å². The maximum absolute atomic E-state index is 12.2. The molecule has 1 aliphatic heterocycles. The van der Waals surface area contributed by atoms with Gasteiger partial charge in [0.05, 0.1) is 23.8 Å². The minimum Gasteiger partial charge on any atom is -0.467 e. The average molecular weight is 295 g/mol. The smallest absolute Gasteiger partial charge is 0.251 e. The van der Waals surface area contributed by atoms with Crippen molar-refractivity contribution in [3.8, 4) is 0 Å². The molecular formula is C17H17N3O2. The van der Waals surface area contributed by atoms with Crippen LogP contribution < -0.4 is 5.32 Å². The molecule has 0 aliphatic carbocycles. The zero-order valence-electron chi connectivity index (χ0n) is 12.2. The minimum atomic E-state index is -0.107. The van der Waals surface area contributed by atoms with Crippen LogP contribution in [0.25, 0.3) is 11.0 Å². The Morgan fingerprint density at radius 2 is 2.27 bits per heavy atom. The molecule has 1 aliphatic rings. The van der Waals surface area contributed by atoms with E-state index in [0.717, 1.165) is 35.6 Å². The minimum absolute atomic E-state index is 0.107. The fraction of sp³-hybridized carbons (Fsp3) is 0.294. The SMILES string of the molecule is O=C(NCc1ccco1)c1ccc2c(c1)nc1n2CCCC1. The Kier molecular flexibility index (Phi) is 3.18. The second kappa shape index (κ2) is 5.33. The molecule has 0 spiro atoms. The molecule has 0 atom stereocenters. The van der Waals surface area contributed by atoms with Gasteiger partial charge in [0.2, 0.25) is 0 Å². The Bertz CT molecular complexity index is 818. The van der Waals surface area contributed by atoms with Gasteiger partial charge in [-0.3, -0.25) is 4.79 Å². The van der Waals surface area contributed by atoms with Gasteiger partial charge < -0.3 is 14.3 Å². The van der Waals surface area contributed by atoms with Gasteiger partial charge in [0, 0.05) is 18.5 Å². The molecule has 0 saturated carbocycles. The van der Waals surface area contributed by atoms with Crippen molar-refractivity contribution in [1.82, 2.24) is 14.9 Å². The molecule has 3 aromatic rings. The summed E-state index contributed by atoms with van der Waals surface area (Å²) in [6.45, 7) is 1.42. The Morgan fingerprint density at radius 1 is 1.32 bits per heavy atom. The summed E-state index contributed by atoms with van der Waals surface area (Å²) in [6.07, 6.45) is 5.02. The number of furan rings is 1. The predicted octanol–water partition coefficient (Wildman–Crippen LogP) is 2.90. The second-order valence-electron chi connectivity index (χ2n) is 5.60. The lowest BCUT2D eigenvalue weighted by Gasteiger charge is -2.13. The highest BCUT2D eigenvalue weighted by atomic mass is 16.3. The van der Waals surface area contributed by atoms with Gasteiger partial charge in [0.1, 0.15) is 11.6 Å². The molecule has 0 radical (unpaired) electrons. The molecule has 3 heterocycles. The molecule has 4 rings (SSSR count). The van der Waals surface area contributed by atoms with Crippen LogP contribution in [0.5, 0.6) is 0 Å². The number of aryl methyl sites for hydroxylation is 2. The molecular weight excluding hydrogens is 278 g/mol. The lowest BCUT2D eigenvalue weighted by atomic mass is 10.1. The molecule has 5 nitrogen and oxygen atoms in total. The molecule has 1 N–H and O–H groups in total. The fourth-order valence-corrected chi connectivity index (χ4v) is 3.00. The number of carbonyl (C=O) groups excluding carboxylic acids is 1. The van der Waals surface area contributed by atoms with Gasteiger partial charge >= 0.3 is 0 Å². The van der Waals surface area contributed by atoms with Gasteiger partial charge in [-0.05, 0) is 43.2 Å². The summed E-state index contributed by atoms with van der Waals surface area (Å²) in [5.74, 6) is 1.77. The van der Waals surface area contributed by atoms with Gasteiger partial charge in [-0.1, -0.05) is 0 Å². The molecule has 0 saturated heterocycles. The Morgan fingerprint density at radius 3 is 3.14 bits per heavy atom. The van der Waals surface area contributed by atoms with Gasteiger partial charge in [-0.25, -0.2) is 4.98 Å². The number of nitrogens with zero attached hydrogens (tertiary/aromatic N) is 2. The number of hydrogen-bond donors (Lipinski definition) is 1. The number of hydrogen-bond acceptors (Lipinski definition) is 3. The number of aromatic nitrogens is 2. The standard InChI is InChI=1S/C17H17N3O2/c21-17(18-11-13-4-3-9-22-13)12-6-7-15-14(10-12)19-16-5-1-2-8-20(15)16/h3-4,6-7,9-10H,1-2,5,8,11H2,(H,18,21). The first-order chi connectivity index (χ1) is 10.8. The number of imidazole rings is 1. The molecule has 2 aromatic heterocycles. The largest absolute Gasteiger partial charge is 0.467 e. The molecule has 0 bridgehead atoms. The summed E-state index contributed by atoms with van der Waals surface area (Å²) in [6, 6.07) is 9.39. The summed E-state index contributed by atoms with van der Waals surface area (Å²) < 4.78 is 7.48. The van der Waals surface area contributed by atoms with E-state index in [1.165, 1.54) is 12.8 Å². The third kappa shape index (κ3) is 2.28. The van der Waals surface area contributed by atoms with E-state index in [1.807, 2.05) is 30.3 Å². The van der Waals surface area contributed by atoms with Crippen molar-refractivity contribution < 1.29 is 9.21 Å². The summed E-state index contributed by atoms with van der Waals surface area (Å²) in [5, 5.41) is 2.86. The Hall–Kier alpha value is -2.56. The van der Waals surface area contributed by atoms with Crippen LogP contribution >= 0.6 is 0 Å². The van der Waals surface area contributed by atoms with Gasteiger partial charge in [0.25, 0.3) is 5.91 Å². The number of nitrogens with one attached hydrogen (secondary N) is 1. The summed E-state index contributed by atoms with van der Waals surface area (Å²) in [4.78, 5) is 16.9. The molecule has 1 aromatic carbocycles. The third-order valence-electron chi connectivity index (χ3n) is 4.12. The Balaban J connectivity index is 1.58. The van der Waals surface area contributed by atoms with Crippen LogP contribution in [0, 0.1) is 0 Å². The number of rotatable bonds is 3. The predicted molar refractivity (Wildman–Crippen MR) is 82.5 cm³/mol. The first kappa shape index (κ1) is 13.1. The van der Waals surface area contributed by atoms with Crippen LogP contribution in [-0.4, -0.2) is 15.5 Å².